The number of piperidine rings is 1. The minimum Gasteiger partial charge on any atom is -0.381 e. The van der Waals surface area contributed by atoms with E-state index in [1.54, 1.807) is 13.2 Å². The van der Waals surface area contributed by atoms with Gasteiger partial charge in [0.1, 0.15) is 0 Å². The Morgan fingerprint density at radius 2 is 2.09 bits per heavy atom. The van der Waals surface area contributed by atoms with Crippen molar-refractivity contribution < 1.29 is 14.3 Å². The third kappa shape index (κ3) is 3.91. The lowest BCUT2D eigenvalue weighted by Gasteiger charge is -2.30. The zero-order valence-electron chi connectivity index (χ0n) is 13.3. The quantitative estimate of drug-likeness (QED) is 0.877. The van der Waals surface area contributed by atoms with Gasteiger partial charge in [-0.3, -0.25) is 9.59 Å². The number of carbonyl (C=O) groups is 2. The Morgan fingerprint density at radius 3 is 2.74 bits per heavy atom. The Labute approximate surface area is 140 Å². The Bertz CT molecular complexity index is 561. The third-order valence-electron chi connectivity index (χ3n) is 4.50. The average Bonchev–Trinajstić information content (AvgIpc) is 3.26. The van der Waals surface area contributed by atoms with Gasteiger partial charge in [-0.1, -0.05) is 0 Å². The van der Waals surface area contributed by atoms with E-state index in [1.165, 1.54) is 11.3 Å². The van der Waals surface area contributed by atoms with Gasteiger partial charge in [-0.25, -0.2) is 0 Å². The van der Waals surface area contributed by atoms with Crippen LogP contribution in [0.2, 0.25) is 0 Å². The van der Waals surface area contributed by atoms with E-state index in [9.17, 15) is 9.59 Å². The van der Waals surface area contributed by atoms with Crippen molar-refractivity contribution in [2.24, 2.45) is 0 Å². The van der Waals surface area contributed by atoms with Crippen LogP contribution in [0.3, 0.4) is 0 Å². The van der Waals surface area contributed by atoms with E-state index in [-0.39, 0.29) is 24.0 Å². The van der Waals surface area contributed by atoms with Gasteiger partial charge in [-0.15, -0.1) is 11.3 Å². The highest BCUT2D eigenvalue weighted by molar-refractivity contribution is 7.18. The highest BCUT2D eigenvalue weighted by atomic mass is 32.1. The maximum atomic E-state index is 12.5. The van der Waals surface area contributed by atoms with Crippen LogP contribution in [-0.4, -0.2) is 55.6 Å². The van der Waals surface area contributed by atoms with Crippen molar-refractivity contribution in [1.82, 2.24) is 10.2 Å². The largest absolute Gasteiger partial charge is 0.381 e. The fraction of sp³-hybridized carbons (Fsp3) is 0.625. The molecule has 1 atom stereocenters. The molecule has 2 N–H and O–H groups in total. The first kappa shape index (κ1) is 16.4. The normalized spacial score (nSPS) is 22.3. The summed E-state index contributed by atoms with van der Waals surface area (Å²) >= 11 is 1.35. The van der Waals surface area contributed by atoms with Crippen LogP contribution in [0.15, 0.2) is 12.1 Å². The number of anilines is 1. The molecule has 3 heterocycles. The minimum atomic E-state index is -0.107. The Kier molecular flexibility index (Phi) is 5.30. The van der Waals surface area contributed by atoms with E-state index in [4.69, 9.17) is 4.74 Å². The number of methoxy groups -OCH3 is 1. The minimum absolute atomic E-state index is 0.00995. The number of nitrogens with one attached hydrogen (secondary N) is 2. The van der Waals surface area contributed by atoms with Gasteiger partial charge in [0.15, 0.2) is 0 Å². The lowest BCUT2D eigenvalue weighted by molar-refractivity contribution is -0.117. The first-order valence-corrected chi connectivity index (χ1v) is 8.95. The molecule has 126 valence electrons. The molecule has 0 aromatic carbocycles. The molecule has 2 fully saturated rings. The van der Waals surface area contributed by atoms with Crippen LogP contribution in [0.4, 0.5) is 5.00 Å². The standard InChI is InChI=1S/C16H23N3O3S/c1-22-11-6-9-19(10-7-11)16(21)13-4-5-14(23-13)18-15(20)12-3-2-8-17-12/h4-5,11-12,17H,2-3,6-10H2,1H3,(H,18,20)/t12-/m0/s1. The molecule has 0 aliphatic carbocycles. The van der Waals surface area contributed by atoms with E-state index in [2.05, 4.69) is 10.6 Å². The molecule has 0 unspecified atom stereocenters. The number of thiophene rings is 1. The first-order valence-electron chi connectivity index (χ1n) is 8.13. The van der Waals surface area contributed by atoms with Crippen LogP contribution in [0.1, 0.15) is 35.4 Å². The van der Waals surface area contributed by atoms with Crippen molar-refractivity contribution in [3.05, 3.63) is 17.0 Å². The number of carbonyl (C=O) groups excluding carboxylic acids is 2. The van der Waals surface area contributed by atoms with Crippen LogP contribution in [0.5, 0.6) is 0 Å². The number of likely N-dealkylation sites (tertiary alicyclic amines) is 1. The summed E-state index contributed by atoms with van der Waals surface area (Å²) in [5.41, 5.74) is 0. The molecule has 2 aliphatic heterocycles. The molecule has 0 spiro atoms. The highest BCUT2D eigenvalue weighted by Gasteiger charge is 2.25. The van der Waals surface area contributed by atoms with Crippen molar-refractivity contribution in [3.63, 3.8) is 0 Å². The molecule has 2 saturated heterocycles. The monoisotopic (exact) mass is 337 g/mol. The van der Waals surface area contributed by atoms with Crippen molar-refractivity contribution in [1.29, 1.82) is 0 Å². The second kappa shape index (κ2) is 7.42. The maximum absolute atomic E-state index is 12.5. The van der Waals surface area contributed by atoms with E-state index < -0.39 is 0 Å². The highest BCUT2D eigenvalue weighted by Crippen LogP contribution is 2.25. The SMILES string of the molecule is COC1CCN(C(=O)c2ccc(NC(=O)[C@@H]3CCCN3)s2)CC1. The molecule has 23 heavy (non-hydrogen) atoms. The lowest BCUT2D eigenvalue weighted by atomic mass is 10.1. The molecular weight excluding hydrogens is 314 g/mol. The number of hydrogen-bond acceptors (Lipinski definition) is 5. The summed E-state index contributed by atoms with van der Waals surface area (Å²) in [6.45, 7) is 2.34. The van der Waals surface area contributed by atoms with Crippen LogP contribution < -0.4 is 10.6 Å². The van der Waals surface area contributed by atoms with Crippen molar-refractivity contribution in [3.8, 4) is 0 Å². The van der Waals surface area contributed by atoms with Gasteiger partial charge >= 0.3 is 0 Å². The molecule has 2 aliphatic rings. The number of hydrogen-bond donors (Lipinski definition) is 2. The van der Waals surface area contributed by atoms with Gasteiger partial charge in [-0.2, -0.15) is 0 Å². The summed E-state index contributed by atoms with van der Waals surface area (Å²) in [5.74, 6) is 0.0355. The second-order valence-electron chi connectivity index (χ2n) is 6.03. The smallest absolute Gasteiger partial charge is 0.263 e. The molecule has 2 amide bonds. The zero-order valence-corrected chi connectivity index (χ0v) is 14.2. The Morgan fingerprint density at radius 1 is 1.30 bits per heavy atom. The maximum Gasteiger partial charge on any atom is 0.263 e. The number of rotatable bonds is 4. The predicted octanol–water partition coefficient (Wildman–Crippen LogP) is 1.69. The number of nitrogens with zero attached hydrogens (tertiary/aromatic N) is 1. The molecule has 6 nitrogen and oxygen atoms in total. The second-order valence-corrected chi connectivity index (χ2v) is 7.11. The molecule has 0 radical (unpaired) electrons. The number of amides is 2. The molecule has 1 aromatic heterocycles. The summed E-state index contributed by atoms with van der Waals surface area (Å²) in [6, 6.07) is 3.50. The van der Waals surface area contributed by atoms with Gasteiger partial charge in [0.2, 0.25) is 5.91 Å². The van der Waals surface area contributed by atoms with Crippen LogP contribution in [-0.2, 0) is 9.53 Å². The third-order valence-corrected chi connectivity index (χ3v) is 5.49. The summed E-state index contributed by atoms with van der Waals surface area (Å²) in [6.07, 6.45) is 3.92. The fourth-order valence-corrected chi connectivity index (χ4v) is 3.96. The summed E-state index contributed by atoms with van der Waals surface area (Å²) in [5, 5.41) is 6.81. The van der Waals surface area contributed by atoms with E-state index in [0.717, 1.165) is 50.3 Å². The predicted molar refractivity (Wildman–Crippen MR) is 89.9 cm³/mol. The summed E-state index contributed by atoms with van der Waals surface area (Å²) < 4.78 is 5.33. The van der Waals surface area contributed by atoms with E-state index in [0.29, 0.717) is 4.88 Å². The van der Waals surface area contributed by atoms with Gasteiger partial charge in [0.25, 0.3) is 5.91 Å². The Balaban J connectivity index is 1.56. The van der Waals surface area contributed by atoms with Crippen LogP contribution in [0.25, 0.3) is 0 Å². The Hall–Kier alpha value is -1.44. The van der Waals surface area contributed by atoms with Gasteiger partial charge < -0.3 is 20.3 Å². The van der Waals surface area contributed by atoms with E-state index >= 15 is 0 Å². The van der Waals surface area contributed by atoms with Crippen molar-refractivity contribution in [2.75, 3.05) is 32.1 Å². The van der Waals surface area contributed by atoms with Crippen LogP contribution >= 0.6 is 11.3 Å². The van der Waals surface area contributed by atoms with Crippen molar-refractivity contribution >= 4 is 28.2 Å². The van der Waals surface area contributed by atoms with Crippen LogP contribution in [0, 0.1) is 0 Å². The van der Waals surface area contributed by atoms with Gasteiger partial charge in [0, 0.05) is 20.2 Å². The summed E-state index contributed by atoms with van der Waals surface area (Å²) in [7, 11) is 1.72. The van der Waals surface area contributed by atoms with Crippen molar-refractivity contribution in [2.45, 2.75) is 37.8 Å². The molecule has 0 saturated carbocycles. The molecule has 1 aromatic rings. The zero-order chi connectivity index (χ0) is 16.2. The molecule has 3 rings (SSSR count). The summed E-state index contributed by atoms with van der Waals surface area (Å²) in [4.78, 5) is 27.2. The number of ether oxygens (including phenoxy) is 1. The van der Waals surface area contributed by atoms with Gasteiger partial charge in [0.05, 0.1) is 22.0 Å². The lowest BCUT2D eigenvalue weighted by Crippen LogP contribution is -2.40. The average molecular weight is 337 g/mol. The molecular formula is C16H23N3O3S. The first-order chi connectivity index (χ1) is 11.2. The van der Waals surface area contributed by atoms with Gasteiger partial charge in [-0.05, 0) is 44.4 Å². The molecule has 0 bridgehead atoms. The topological polar surface area (TPSA) is 70.7 Å². The van der Waals surface area contributed by atoms with E-state index in [1.807, 2.05) is 11.0 Å². The fourth-order valence-electron chi connectivity index (χ4n) is 3.09. The molecule has 7 heteroatoms.